The van der Waals surface area contributed by atoms with Gasteiger partial charge in [0.25, 0.3) is 0 Å². The quantitative estimate of drug-likeness (QED) is 0.503. The van der Waals surface area contributed by atoms with Crippen molar-refractivity contribution in [2.24, 2.45) is 0 Å². The summed E-state index contributed by atoms with van der Waals surface area (Å²) in [5.41, 5.74) is 3.33. The Kier molecular flexibility index (Phi) is 5.51. The number of benzene rings is 3. The third-order valence-electron chi connectivity index (χ3n) is 3.66. The summed E-state index contributed by atoms with van der Waals surface area (Å²) >= 11 is 5.94. The van der Waals surface area contributed by atoms with E-state index in [9.17, 15) is 0 Å². The monoisotopic (exact) mass is 328 g/mol. The maximum Gasteiger partial charge on any atom is 0.0639 e. The predicted molar refractivity (Wildman–Crippen MR) is 103 cm³/mol. The van der Waals surface area contributed by atoms with Crippen molar-refractivity contribution in [1.82, 2.24) is 0 Å². The Labute approximate surface area is 148 Å². The maximum atomic E-state index is 5.94. The van der Waals surface area contributed by atoms with Crippen LogP contribution in [0.1, 0.15) is 22.6 Å². The Morgan fingerprint density at radius 1 is 0.750 bits per heavy atom. The first-order valence-electron chi connectivity index (χ1n) is 7.86. The van der Waals surface area contributed by atoms with Crippen LogP contribution in [0.4, 0.5) is 0 Å². The maximum absolute atomic E-state index is 5.94. The van der Waals surface area contributed by atoms with Crippen molar-refractivity contribution < 1.29 is 0 Å². The van der Waals surface area contributed by atoms with Gasteiger partial charge in [0.1, 0.15) is 0 Å². The Bertz CT molecular complexity index is 851. The summed E-state index contributed by atoms with van der Waals surface area (Å²) in [4.78, 5) is 0. The van der Waals surface area contributed by atoms with E-state index >= 15 is 0 Å². The highest BCUT2D eigenvalue weighted by Gasteiger charge is 2.03. The molecule has 3 aromatic carbocycles. The van der Waals surface area contributed by atoms with Crippen molar-refractivity contribution >= 4 is 17.7 Å². The first-order valence-corrected chi connectivity index (χ1v) is 8.24. The largest absolute Gasteiger partial charge is 0.0855 e. The van der Waals surface area contributed by atoms with Crippen LogP contribution in [0.2, 0.25) is 5.02 Å². The molecule has 1 atom stereocenters. The van der Waals surface area contributed by atoms with Gasteiger partial charge in [0, 0.05) is 10.6 Å². The Balaban J connectivity index is 1.88. The molecule has 1 heteroatoms. The molecule has 0 aromatic heterocycles. The van der Waals surface area contributed by atoms with Gasteiger partial charge in [0.2, 0.25) is 0 Å². The predicted octanol–water partition coefficient (Wildman–Crippen LogP) is 6.19. The summed E-state index contributed by atoms with van der Waals surface area (Å²) in [6.45, 7) is 0. The molecule has 0 heterocycles. The lowest BCUT2D eigenvalue weighted by molar-refractivity contribution is 1.13. The molecule has 0 saturated heterocycles. The third-order valence-corrected chi connectivity index (χ3v) is 3.91. The van der Waals surface area contributed by atoms with Gasteiger partial charge in [-0.3, -0.25) is 0 Å². The molecule has 1 unspecified atom stereocenters. The summed E-state index contributed by atoms with van der Waals surface area (Å²) in [7, 11) is 0. The summed E-state index contributed by atoms with van der Waals surface area (Å²) in [6.07, 6.45) is 4.22. The van der Waals surface area contributed by atoms with E-state index in [-0.39, 0.29) is 5.92 Å². The van der Waals surface area contributed by atoms with Gasteiger partial charge >= 0.3 is 0 Å². The van der Waals surface area contributed by atoms with E-state index in [1.807, 2.05) is 72.8 Å². The molecule has 0 aliphatic rings. The second kappa shape index (κ2) is 8.20. The topological polar surface area (TPSA) is 0 Å². The van der Waals surface area contributed by atoms with Crippen LogP contribution >= 0.6 is 11.6 Å². The first-order chi connectivity index (χ1) is 11.8. The highest BCUT2D eigenvalue weighted by Crippen LogP contribution is 2.19. The second-order valence-electron chi connectivity index (χ2n) is 5.43. The van der Waals surface area contributed by atoms with Gasteiger partial charge in [-0.05, 0) is 35.4 Å². The summed E-state index contributed by atoms with van der Waals surface area (Å²) in [6, 6.07) is 28.2. The highest BCUT2D eigenvalue weighted by atomic mass is 35.5. The first kappa shape index (κ1) is 16.1. The zero-order valence-electron chi connectivity index (χ0n) is 13.2. The standard InChI is InChI=1S/C23H17Cl/c24-23-17-13-20(14-18-23)12-16-22(21-9-5-2-6-10-21)15-11-19-7-3-1-4-8-19/h1-10,12-14,16-18,22H/b16-12+. The van der Waals surface area contributed by atoms with Gasteiger partial charge in [-0.15, -0.1) is 0 Å². The molecule has 116 valence electrons. The van der Waals surface area contributed by atoms with E-state index in [1.165, 1.54) is 5.56 Å². The molecule has 0 radical (unpaired) electrons. The minimum atomic E-state index is 0.0436. The van der Waals surface area contributed by atoms with E-state index < -0.39 is 0 Å². The average Bonchev–Trinajstić information content (AvgIpc) is 2.65. The van der Waals surface area contributed by atoms with Crippen LogP contribution in [0.15, 0.2) is 91.0 Å². The fourth-order valence-corrected chi connectivity index (χ4v) is 2.49. The molecular formula is C23H17Cl. The molecule has 3 rings (SSSR count). The number of allylic oxidation sites excluding steroid dienone is 1. The fourth-order valence-electron chi connectivity index (χ4n) is 2.37. The molecular weight excluding hydrogens is 312 g/mol. The van der Waals surface area contributed by atoms with Crippen LogP contribution in [-0.2, 0) is 0 Å². The van der Waals surface area contributed by atoms with E-state index in [2.05, 4.69) is 36.1 Å². The number of halogens is 1. The van der Waals surface area contributed by atoms with Crippen molar-refractivity contribution in [3.8, 4) is 11.8 Å². The number of hydrogen-bond acceptors (Lipinski definition) is 0. The molecule has 0 spiro atoms. The number of hydrogen-bond donors (Lipinski definition) is 0. The van der Waals surface area contributed by atoms with Crippen LogP contribution < -0.4 is 0 Å². The van der Waals surface area contributed by atoms with Gasteiger partial charge in [0.15, 0.2) is 0 Å². The van der Waals surface area contributed by atoms with Crippen LogP contribution in [-0.4, -0.2) is 0 Å². The van der Waals surface area contributed by atoms with Gasteiger partial charge in [0.05, 0.1) is 5.92 Å². The Hall–Kier alpha value is -2.75. The minimum absolute atomic E-state index is 0.0436. The molecule has 24 heavy (non-hydrogen) atoms. The lowest BCUT2D eigenvalue weighted by atomic mass is 9.98. The van der Waals surface area contributed by atoms with Gasteiger partial charge in [-0.2, -0.15) is 0 Å². The molecule has 0 N–H and O–H groups in total. The normalized spacial score (nSPS) is 11.7. The molecule has 0 amide bonds. The van der Waals surface area contributed by atoms with Crippen LogP contribution in [0.3, 0.4) is 0 Å². The molecule has 0 aliphatic carbocycles. The van der Waals surface area contributed by atoms with E-state index in [1.54, 1.807) is 0 Å². The lowest BCUT2D eigenvalue weighted by Gasteiger charge is -2.06. The summed E-state index contributed by atoms with van der Waals surface area (Å²) in [5.74, 6) is 6.68. The van der Waals surface area contributed by atoms with Crippen LogP contribution in [0.5, 0.6) is 0 Å². The second-order valence-corrected chi connectivity index (χ2v) is 5.87. The van der Waals surface area contributed by atoms with Gasteiger partial charge in [-0.25, -0.2) is 0 Å². The van der Waals surface area contributed by atoms with Gasteiger partial charge in [-0.1, -0.05) is 96.3 Å². The van der Waals surface area contributed by atoms with E-state index in [0.717, 1.165) is 16.1 Å². The van der Waals surface area contributed by atoms with Crippen molar-refractivity contribution in [3.05, 3.63) is 113 Å². The fraction of sp³-hybridized carbons (Fsp3) is 0.0435. The molecule has 0 saturated carbocycles. The summed E-state index contributed by atoms with van der Waals surface area (Å²) < 4.78 is 0. The van der Waals surface area contributed by atoms with E-state index in [4.69, 9.17) is 11.6 Å². The smallest absolute Gasteiger partial charge is 0.0639 e. The lowest BCUT2D eigenvalue weighted by Crippen LogP contribution is -1.91. The highest BCUT2D eigenvalue weighted by molar-refractivity contribution is 6.30. The third kappa shape index (κ3) is 4.62. The Morgan fingerprint density at radius 2 is 1.38 bits per heavy atom. The van der Waals surface area contributed by atoms with Crippen LogP contribution in [0.25, 0.3) is 6.08 Å². The van der Waals surface area contributed by atoms with E-state index in [0.29, 0.717) is 0 Å². The Morgan fingerprint density at radius 3 is 2.04 bits per heavy atom. The zero-order valence-corrected chi connectivity index (χ0v) is 13.9. The molecule has 0 nitrogen and oxygen atoms in total. The molecule has 0 bridgehead atoms. The zero-order chi connectivity index (χ0) is 16.6. The molecule has 0 fully saturated rings. The van der Waals surface area contributed by atoms with Crippen molar-refractivity contribution in [2.45, 2.75) is 5.92 Å². The van der Waals surface area contributed by atoms with Crippen molar-refractivity contribution in [2.75, 3.05) is 0 Å². The van der Waals surface area contributed by atoms with Crippen LogP contribution in [0, 0.1) is 11.8 Å². The SMILES string of the molecule is Clc1ccc(/C=C/C(C#Cc2ccccc2)c2ccccc2)cc1. The molecule has 3 aromatic rings. The summed E-state index contributed by atoms with van der Waals surface area (Å²) in [5, 5.41) is 0.746. The minimum Gasteiger partial charge on any atom is -0.0855 e. The van der Waals surface area contributed by atoms with Crippen molar-refractivity contribution in [3.63, 3.8) is 0 Å². The molecule has 0 aliphatic heterocycles. The number of rotatable bonds is 3. The van der Waals surface area contributed by atoms with Gasteiger partial charge < -0.3 is 0 Å². The van der Waals surface area contributed by atoms with Crippen molar-refractivity contribution in [1.29, 1.82) is 0 Å². The average molecular weight is 329 g/mol.